The van der Waals surface area contributed by atoms with E-state index in [4.69, 9.17) is 13.6 Å². The molecule has 0 amide bonds. The Hall–Kier alpha value is -4.00. The highest BCUT2D eigenvalue weighted by atomic mass is 19.1. The topological polar surface area (TPSA) is 78.4 Å². The summed E-state index contributed by atoms with van der Waals surface area (Å²) in [6.45, 7) is 3.63. The van der Waals surface area contributed by atoms with Gasteiger partial charge in [0, 0.05) is 11.6 Å². The van der Waals surface area contributed by atoms with E-state index in [1.54, 1.807) is 37.3 Å². The van der Waals surface area contributed by atoms with Crippen LogP contribution in [-0.4, -0.2) is 16.2 Å². The van der Waals surface area contributed by atoms with E-state index in [1.807, 2.05) is 31.2 Å². The third-order valence-electron chi connectivity index (χ3n) is 4.53. The van der Waals surface area contributed by atoms with Crippen LogP contribution in [0.25, 0.3) is 28.9 Å². The smallest absolute Gasteiger partial charge is 0.331 e. The predicted molar refractivity (Wildman–Crippen MR) is 112 cm³/mol. The molecule has 2 aromatic heterocycles. The fourth-order valence-electron chi connectivity index (χ4n) is 2.87. The molecule has 0 aliphatic rings. The standard InChI is InChI=1S/C24H19FN2O4/c1-15-7-9-17(10-8-15)24-27-26-23(31-24)16(2)29-22(28)14-12-18-11-13-21(30-18)19-5-3-4-6-20(19)25/h3-14,16H,1-2H3/b14-12+/t16-/m0/s1. The number of benzene rings is 2. The highest BCUT2D eigenvalue weighted by Gasteiger charge is 2.18. The molecule has 0 aliphatic heterocycles. The minimum absolute atomic E-state index is 0.192. The molecule has 0 N–H and O–H groups in total. The highest BCUT2D eigenvalue weighted by Crippen LogP contribution is 2.26. The van der Waals surface area contributed by atoms with E-state index in [-0.39, 0.29) is 11.7 Å². The van der Waals surface area contributed by atoms with Crippen molar-refractivity contribution in [2.45, 2.75) is 20.0 Å². The summed E-state index contributed by atoms with van der Waals surface area (Å²) >= 11 is 0. The van der Waals surface area contributed by atoms with E-state index in [2.05, 4.69) is 10.2 Å². The number of halogens is 1. The molecule has 0 saturated carbocycles. The van der Waals surface area contributed by atoms with Gasteiger partial charge in [-0.05, 0) is 56.3 Å². The summed E-state index contributed by atoms with van der Waals surface area (Å²) in [7, 11) is 0. The fourth-order valence-corrected chi connectivity index (χ4v) is 2.87. The molecular formula is C24H19FN2O4. The number of hydrogen-bond donors (Lipinski definition) is 0. The Kier molecular flexibility index (Phi) is 5.75. The summed E-state index contributed by atoms with van der Waals surface area (Å²) in [4.78, 5) is 12.1. The Morgan fingerprint density at radius 1 is 1.03 bits per heavy atom. The molecule has 0 saturated heterocycles. The molecule has 7 heteroatoms. The lowest BCUT2D eigenvalue weighted by Crippen LogP contribution is -2.06. The van der Waals surface area contributed by atoms with E-state index < -0.39 is 12.1 Å². The van der Waals surface area contributed by atoms with Gasteiger partial charge in [-0.15, -0.1) is 10.2 Å². The van der Waals surface area contributed by atoms with Crippen LogP contribution in [0.3, 0.4) is 0 Å². The van der Waals surface area contributed by atoms with Crippen LogP contribution in [0.5, 0.6) is 0 Å². The van der Waals surface area contributed by atoms with Crippen molar-refractivity contribution in [1.82, 2.24) is 10.2 Å². The first-order valence-electron chi connectivity index (χ1n) is 9.63. The first-order valence-corrected chi connectivity index (χ1v) is 9.63. The lowest BCUT2D eigenvalue weighted by molar-refractivity contribution is -0.143. The molecule has 2 heterocycles. The zero-order valence-electron chi connectivity index (χ0n) is 16.9. The van der Waals surface area contributed by atoms with Gasteiger partial charge in [-0.2, -0.15) is 0 Å². The van der Waals surface area contributed by atoms with Crippen LogP contribution in [0.2, 0.25) is 0 Å². The molecule has 0 bridgehead atoms. The molecule has 0 fully saturated rings. The van der Waals surface area contributed by atoms with Crippen LogP contribution in [0.1, 0.15) is 30.2 Å². The number of hydrogen-bond acceptors (Lipinski definition) is 6. The van der Waals surface area contributed by atoms with Gasteiger partial charge < -0.3 is 13.6 Å². The zero-order chi connectivity index (χ0) is 21.8. The van der Waals surface area contributed by atoms with Crippen LogP contribution >= 0.6 is 0 Å². The zero-order valence-corrected chi connectivity index (χ0v) is 16.9. The highest BCUT2D eigenvalue weighted by molar-refractivity contribution is 5.86. The normalized spacial score (nSPS) is 12.2. The summed E-state index contributed by atoms with van der Waals surface area (Å²) < 4.78 is 30.4. The number of rotatable bonds is 6. The molecule has 31 heavy (non-hydrogen) atoms. The first kappa shape index (κ1) is 20.3. The Labute approximate surface area is 178 Å². The molecule has 156 valence electrons. The molecule has 0 radical (unpaired) electrons. The molecule has 6 nitrogen and oxygen atoms in total. The maximum absolute atomic E-state index is 13.9. The number of ether oxygens (including phenoxy) is 1. The third kappa shape index (κ3) is 4.78. The fraction of sp³-hybridized carbons (Fsp3) is 0.125. The van der Waals surface area contributed by atoms with Crippen molar-refractivity contribution in [1.29, 1.82) is 0 Å². The van der Waals surface area contributed by atoms with E-state index in [1.165, 1.54) is 18.2 Å². The molecule has 4 rings (SSSR count). The van der Waals surface area contributed by atoms with E-state index >= 15 is 0 Å². The van der Waals surface area contributed by atoms with E-state index in [9.17, 15) is 9.18 Å². The van der Waals surface area contributed by atoms with Gasteiger partial charge >= 0.3 is 5.97 Å². The monoisotopic (exact) mass is 418 g/mol. The average molecular weight is 418 g/mol. The van der Waals surface area contributed by atoms with Gasteiger partial charge in [0.1, 0.15) is 17.3 Å². The molecule has 2 aromatic carbocycles. The Balaban J connectivity index is 1.38. The lowest BCUT2D eigenvalue weighted by Gasteiger charge is -2.06. The Morgan fingerprint density at radius 2 is 1.81 bits per heavy atom. The van der Waals surface area contributed by atoms with Crippen molar-refractivity contribution in [3.05, 3.63) is 89.8 Å². The number of carbonyl (C=O) groups is 1. The summed E-state index contributed by atoms with van der Waals surface area (Å²) in [6.07, 6.45) is 1.94. The average Bonchev–Trinajstić information content (AvgIpc) is 3.43. The molecule has 0 aliphatic carbocycles. The lowest BCUT2D eigenvalue weighted by atomic mass is 10.1. The van der Waals surface area contributed by atoms with Gasteiger partial charge in [0.25, 0.3) is 5.89 Å². The minimum Gasteiger partial charge on any atom is -0.457 e. The van der Waals surface area contributed by atoms with Crippen LogP contribution in [0.4, 0.5) is 4.39 Å². The summed E-state index contributed by atoms with van der Waals surface area (Å²) in [5.41, 5.74) is 2.25. The molecule has 4 aromatic rings. The first-order chi connectivity index (χ1) is 15.0. The second kappa shape index (κ2) is 8.79. The van der Waals surface area contributed by atoms with Crippen molar-refractivity contribution in [3.8, 4) is 22.8 Å². The van der Waals surface area contributed by atoms with Gasteiger partial charge in [-0.25, -0.2) is 9.18 Å². The van der Waals surface area contributed by atoms with Crippen LogP contribution in [0.15, 0.2) is 75.6 Å². The number of carbonyl (C=O) groups excluding carboxylic acids is 1. The number of furan rings is 1. The SMILES string of the molecule is Cc1ccc(-c2nnc([C@H](C)OC(=O)/C=C/c3ccc(-c4ccccc4F)o3)o2)cc1. The molecule has 0 spiro atoms. The van der Waals surface area contributed by atoms with Gasteiger partial charge in [-0.1, -0.05) is 29.8 Å². The van der Waals surface area contributed by atoms with Gasteiger partial charge in [-0.3, -0.25) is 0 Å². The van der Waals surface area contributed by atoms with Crippen molar-refractivity contribution >= 4 is 12.0 Å². The van der Waals surface area contributed by atoms with Gasteiger partial charge in [0.2, 0.25) is 5.89 Å². The summed E-state index contributed by atoms with van der Waals surface area (Å²) in [6, 6.07) is 17.2. The predicted octanol–water partition coefficient (Wildman–Crippen LogP) is 5.76. The molecule has 1 atom stereocenters. The molecular weight excluding hydrogens is 399 g/mol. The largest absolute Gasteiger partial charge is 0.457 e. The van der Waals surface area contributed by atoms with E-state index in [0.29, 0.717) is 23.0 Å². The van der Waals surface area contributed by atoms with Gasteiger partial charge in [0.15, 0.2) is 6.10 Å². The van der Waals surface area contributed by atoms with Crippen LogP contribution in [-0.2, 0) is 9.53 Å². The van der Waals surface area contributed by atoms with Crippen molar-refractivity contribution in [3.63, 3.8) is 0 Å². The second-order valence-corrected chi connectivity index (χ2v) is 6.91. The van der Waals surface area contributed by atoms with Crippen LogP contribution in [0, 0.1) is 12.7 Å². The maximum Gasteiger partial charge on any atom is 0.331 e. The van der Waals surface area contributed by atoms with E-state index in [0.717, 1.165) is 11.1 Å². The number of esters is 1. The maximum atomic E-state index is 13.9. The third-order valence-corrected chi connectivity index (χ3v) is 4.53. The second-order valence-electron chi connectivity index (χ2n) is 6.91. The van der Waals surface area contributed by atoms with Crippen LogP contribution < -0.4 is 0 Å². The quantitative estimate of drug-likeness (QED) is 0.293. The summed E-state index contributed by atoms with van der Waals surface area (Å²) in [5.74, 6) is 0.315. The van der Waals surface area contributed by atoms with Crippen molar-refractivity contribution < 1.29 is 22.8 Å². The number of aryl methyl sites for hydroxylation is 1. The van der Waals surface area contributed by atoms with Crippen molar-refractivity contribution in [2.24, 2.45) is 0 Å². The Bertz CT molecular complexity index is 1220. The van der Waals surface area contributed by atoms with Crippen molar-refractivity contribution in [2.75, 3.05) is 0 Å². The number of nitrogens with zero attached hydrogens (tertiary/aromatic N) is 2. The van der Waals surface area contributed by atoms with Gasteiger partial charge in [0.05, 0.1) is 5.56 Å². The minimum atomic E-state index is -0.727. The summed E-state index contributed by atoms with van der Waals surface area (Å²) in [5, 5.41) is 7.96. The molecule has 0 unspecified atom stereocenters. The number of aromatic nitrogens is 2. The Morgan fingerprint density at radius 3 is 2.58 bits per heavy atom.